The normalized spacial score (nSPS) is 15.9. The highest BCUT2D eigenvalue weighted by Crippen LogP contribution is 2.17. The average Bonchev–Trinajstić information content (AvgIpc) is 2.12. The molecule has 0 bridgehead atoms. The highest BCUT2D eigenvalue weighted by Gasteiger charge is 2.28. The van der Waals surface area contributed by atoms with Crippen molar-refractivity contribution < 1.29 is 25.2 Å². The zero-order valence-corrected chi connectivity index (χ0v) is 12.0. The minimum Gasteiger partial charge on any atom is -0.264 e. The van der Waals surface area contributed by atoms with Crippen LogP contribution in [0.1, 0.15) is 12.8 Å². The van der Waals surface area contributed by atoms with Crippen LogP contribution in [-0.2, 0) is 28.6 Å². The van der Waals surface area contributed by atoms with Gasteiger partial charge in [0.15, 0.2) is 0 Å². The fourth-order valence-corrected chi connectivity index (χ4v) is 2.59. The SMILES string of the molecule is C=CCC(OS(C)(=O)=O)C(CC=C)OS(C)(=O)=O. The van der Waals surface area contributed by atoms with Crippen LogP contribution in [0.2, 0.25) is 0 Å². The van der Waals surface area contributed by atoms with E-state index in [1.807, 2.05) is 0 Å². The highest BCUT2D eigenvalue weighted by atomic mass is 32.2. The van der Waals surface area contributed by atoms with Gasteiger partial charge in [-0.3, -0.25) is 8.37 Å². The first-order valence-electron chi connectivity index (χ1n) is 5.07. The first-order valence-corrected chi connectivity index (χ1v) is 8.70. The van der Waals surface area contributed by atoms with Crippen molar-refractivity contribution in [3.8, 4) is 0 Å². The van der Waals surface area contributed by atoms with Gasteiger partial charge in [-0.2, -0.15) is 16.8 Å². The lowest BCUT2D eigenvalue weighted by Crippen LogP contribution is -2.34. The van der Waals surface area contributed by atoms with E-state index < -0.39 is 32.4 Å². The van der Waals surface area contributed by atoms with Crippen LogP contribution in [0.15, 0.2) is 25.3 Å². The Morgan fingerprint density at radius 2 is 1.17 bits per heavy atom. The van der Waals surface area contributed by atoms with Gasteiger partial charge in [0.2, 0.25) is 0 Å². The summed E-state index contributed by atoms with van der Waals surface area (Å²) in [6, 6.07) is 0. The molecule has 0 N–H and O–H groups in total. The van der Waals surface area contributed by atoms with Crippen molar-refractivity contribution in [1.29, 1.82) is 0 Å². The van der Waals surface area contributed by atoms with Gasteiger partial charge in [0, 0.05) is 0 Å². The molecule has 0 aromatic heterocycles. The Morgan fingerprint density at radius 3 is 1.33 bits per heavy atom. The molecule has 0 spiro atoms. The standard InChI is InChI=1S/C10H18O6S2/c1-5-7-9(15-17(3,11)12)10(8-6-2)16-18(4,13)14/h5-6,9-10H,1-2,7-8H2,3-4H3. The maximum atomic E-state index is 11.1. The molecule has 0 rings (SSSR count). The molecule has 2 atom stereocenters. The summed E-state index contributed by atoms with van der Waals surface area (Å²) in [6.07, 6.45) is 3.00. The summed E-state index contributed by atoms with van der Waals surface area (Å²) in [6.45, 7) is 6.93. The van der Waals surface area contributed by atoms with E-state index in [4.69, 9.17) is 8.37 Å². The van der Waals surface area contributed by atoms with E-state index in [1.54, 1.807) is 0 Å². The molecular weight excluding hydrogens is 280 g/mol. The Morgan fingerprint density at radius 1 is 0.889 bits per heavy atom. The highest BCUT2D eigenvalue weighted by molar-refractivity contribution is 7.86. The van der Waals surface area contributed by atoms with Crippen LogP contribution < -0.4 is 0 Å². The first kappa shape index (κ1) is 17.3. The Kier molecular flexibility index (Phi) is 6.76. The second kappa shape index (κ2) is 7.03. The fourth-order valence-electron chi connectivity index (χ4n) is 1.28. The van der Waals surface area contributed by atoms with Crippen molar-refractivity contribution in [1.82, 2.24) is 0 Å². The van der Waals surface area contributed by atoms with Gasteiger partial charge in [-0.05, 0) is 12.8 Å². The van der Waals surface area contributed by atoms with Gasteiger partial charge in [-0.25, -0.2) is 0 Å². The zero-order chi connectivity index (χ0) is 14.4. The molecule has 0 radical (unpaired) electrons. The molecule has 2 unspecified atom stereocenters. The van der Waals surface area contributed by atoms with E-state index in [-0.39, 0.29) is 12.8 Å². The van der Waals surface area contributed by atoms with E-state index in [2.05, 4.69) is 13.2 Å². The molecule has 8 heteroatoms. The Hall–Kier alpha value is -0.700. The molecule has 0 fully saturated rings. The minimum absolute atomic E-state index is 0.140. The van der Waals surface area contributed by atoms with Gasteiger partial charge in [0.25, 0.3) is 20.2 Å². The van der Waals surface area contributed by atoms with Crippen LogP contribution in [0.4, 0.5) is 0 Å². The van der Waals surface area contributed by atoms with Crippen molar-refractivity contribution in [3.05, 3.63) is 25.3 Å². The predicted octanol–water partition coefficient (Wildman–Crippen LogP) is 0.828. The number of rotatable bonds is 9. The van der Waals surface area contributed by atoms with E-state index in [0.29, 0.717) is 0 Å². The van der Waals surface area contributed by atoms with Gasteiger partial charge in [-0.15, -0.1) is 13.2 Å². The third-order valence-electron chi connectivity index (χ3n) is 1.81. The van der Waals surface area contributed by atoms with Crippen LogP contribution in [0.3, 0.4) is 0 Å². The third kappa shape index (κ3) is 8.40. The molecule has 0 saturated carbocycles. The summed E-state index contributed by atoms with van der Waals surface area (Å²) >= 11 is 0. The van der Waals surface area contributed by atoms with Gasteiger partial charge >= 0.3 is 0 Å². The average molecular weight is 298 g/mol. The number of hydrogen-bond donors (Lipinski definition) is 0. The molecule has 106 valence electrons. The monoisotopic (exact) mass is 298 g/mol. The molecule has 0 amide bonds. The maximum absolute atomic E-state index is 11.1. The van der Waals surface area contributed by atoms with Crippen molar-refractivity contribution in [2.45, 2.75) is 25.0 Å². The van der Waals surface area contributed by atoms with Crippen molar-refractivity contribution in [2.75, 3.05) is 12.5 Å². The molecule has 18 heavy (non-hydrogen) atoms. The molecule has 0 aliphatic heterocycles. The number of hydrogen-bond acceptors (Lipinski definition) is 6. The Bertz CT molecular complexity index is 430. The van der Waals surface area contributed by atoms with E-state index in [9.17, 15) is 16.8 Å². The second-order valence-electron chi connectivity index (χ2n) is 3.73. The quantitative estimate of drug-likeness (QED) is 0.463. The molecular formula is C10H18O6S2. The summed E-state index contributed by atoms with van der Waals surface area (Å²) in [7, 11) is -7.44. The van der Waals surface area contributed by atoms with E-state index in [1.165, 1.54) is 12.2 Å². The Balaban J connectivity index is 5.08. The lowest BCUT2D eigenvalue weighted by molar-refractivity contribution is 0.0679. The third-order valence-corrected chi connectivity index (χ3v) is 3.00. The minimum atomic E-state index is -3.72. The molecule has 0 aromatic rings. The summed E-state index contributed by atoms with van der Waals surface area (Å²) in [4.78, 5) is 0. The summed E-state index contributed by atoms with van der Waals surface area (Å²) < 4.78 is 54.0. The van der Waals surface area contributed by atoms with Crippen LogP contribution in [0.25, 0.3) is 0 Å². The van der Waals surface area contributed by atoms with Crippen LogP contribution in [0.5, 0.6) is 0 Å². The van der Waals surface area contributed by atoms with Crippen molar-refractivity contribution in [3.63, 3.8) is 0 Å². The lowest BCUT2D eigenvalue weighted by Gasteiger charge is -2.23. The van der Waals surface area contributed by atoms with Crippen LogP contribution in [0, 0.1) is 0 Å². The molecule has 0 heterocycles. The van der Waals surface area contributed by atoms with E-state index >= 15 is 0 Å². The summed E-state index contributed by atoms with van der Waals surface area (Å²) in [5, 5.41) is 0. The summed E-state index contributed by atoms with van der Waals surface area (Å²) in [5.41, 5.74) is 0. The second-order valence-corrected chi connectivity index (χ2v) is 6.93. The van der Waals surface area contributed by atoms with Crippen molar-refractivity contribution >= 4 is 20.2 Å². The molecule has 0 aliphatic carbocycles. The fraction of sp³-hybridized carbons (Fsp3) is 0.600. The molecule has 6 nitrogen and oxygen atoms in total. The maximum Gasteiger partial charge on any atom is 0.264 e. The lowest BCUT2D eigenvalue weighted by atomic mass is 10.1. The zero-order valence-electron chi connectivity index (χ0n) is 10.4. The first-order chi connectivity index (χ1) is 8.09. The molecule has 0 aromatic carbocycles. The Labute approximate surface area is 109 Å². The summed E-state index contributed by atoms with van der Waals surface area (Å²) in [5.74, 6) is 0. The van der Waals surface area contributed by atoms with Crippen LogP contribution >= 0.6 is 0 Å². The molecule has 0 aliphatic rings. The smallest absolute Gasteiger partial charge is 0.264 e. The predicted molar refractivity (Wildman–Crippen MR) is 69.1 cm³/mol. The van der Waals surface area contributed by atoms with Gasteiger partial charge in [-0.1, -0.05) is 12.2 Å². The topological polar surface area (TPSA) is 86.7 Å². The van der Waals surface area contributed by atoms with Gasteiger partial charge < -0.3 is 0 Å². The van der Waals surface area contributed by atoms with Crippen molar-refractivity contribution in [2.24, 2.45) is 0 Å². The van der Waals surface area contributed by atoms with E-state index in [0.717, 1.165) is 12.5 Å². The van der Waals surface area contributed by atoms with Gasteiger partial charge in [0.05, 0.1) is 12.5 Å². The van der Waals surface area contributed by atoms with Crippen LogP contribution in [-0.4, -0.2) is 41.6 Å². The largest absolute Gasteiger partial charge is 0.264 e. The van der Waals surface area contributed by atoms with Gasteiger partial charge in [0.1, 0.15) is 12.2 Å². The molecule has 0 saturated heterocycles.